The Morgan fingerprint density at radius 1 is 1.20 bits per heavy atom. The summed E-state index contributed by atoms with van der Waals surface area (Å²) >= 11 is 0. The fourth-order valence-electron chi connectivity index (χ4n) is 2.63. The van der Waals surface area contributed by atoms with Gasteiger partial charge >= 0.3 is 0 Å². The number of aliphatic hydroxyl groups excluding tert-OH is 1. The molecule has 1 saturated carbocycles. The highest BCUT2D eigenvalue weighted by molar-refractivity contribution is 4.81. The van der Waals surface area contributed by atoms with Crippen LogP contribution in [0.5, 0.6) is 0 Å². The zero-order valence-corrected chi connectivity index (χ0v) is 9.54. The van der Waals surface area contributed by atoms with Crippen LogP contribution in [-0.4, -0.2) is 37.4 Å². The van der Waals surface area contributed by atoms with Crippen molar-refractivity contribution < 1.29 is 5.11 Å². The molecular weight excluding hydrogens is 188 g/mol. The molecule has 1 saturated heterocycles. The van der Waals surface area contributed by atoms with E-state index in [-0.39, 0.29) is 0 Å². The van der Waals surface area contributed by atoms with Gasteiger partial charge in [0, 0.05) is 19.2 Å². The summed E-state index contributed by atoms with van der Waals surface area (Å²) in [5.41, 5.74) is 0. The largest absolute Gasteiger partial charge is 0.396 e. The monoisotopic (exact) mass is 212 g/mol. The third kappa shape index (κ3) is 3.16. The second-order valence-corrected chi connectivity index (χ2v) is 5.07. The SMILES string of the molecule is OCC(CNC1CCC1)C1CCNCC1. The zero-order chi connectivity index (χ0) is 10.5. The van der Waals surface area contributed by atoms with Crippen molar-refractivity contribution in [1.29, 1.82) is 0 Å². The third-order valence-corrected chi connectivity index (χ3v) is 4.06. The Morgan fingerprint density at radius 3 is 2.47 bits per heavy atom. The molecule has 1 unspecified atom stereocenters. The van der Waals surface area contributed by atoms with E-state index < -0.39 is 0 Å². The molecule has 3 heteroatoms. The van der Waals surface area contributed by atoms with Gasteiger partial charge in [0.15, 0.2) is 0 Å². The minimum atomic E-state index is 0.352. The fourth-order valence-corrected chi connectivity index (χ4v) is 2.63. The number of hydrogen-bond acceptors (Lipinski definition) is 3. The topological polar surface area (TPSA) is 44.3 Å². The van der Waals surface area contributed by atoms with E-state index in [2.05, 4.69) is 10.6 Å². The van der Waals surface area contributed by atoms with Crippen molar-refractivity contribution in [2.45, 2.75) is 38.1 Å². The van der Waals surface area contributed by atoms with Crippen LogP contribution in [0, 0.1) is 11.8 Å². The van der Waals surface area contributed by atoms with Gasteiger partial charge in [-0.05, 0) is 50.6 Å². The van der Waals surface area contributed by atoms with Crippen molar-refractivity contribution in [2.75, 3.05) is 26.2 Å². The van der Waals surface area contributed by atoms with Gasteiger partial charge in [-0.25, -0.2) is 0 Å². The Labute approximate surface area is 92.6 Å². The number of aliphatic hydroxyl groups is 1. The number of piperidine rings is 1. The number of hydrogen-bond donors (Lipinski definition) is 3. The van der Waals surface area contributed by atoms with Crippen molar-refractivity contribution in [3.63, 3.8) is 0 Å². The van der Waals surface area contributed by atoms with Gasteiger partial charge in [0.05, 0.1) is 0 Å². The molecular formula is C12H24N2O. The van der Waals surface area contributed by atoms with Crippen LogP contribution in [0.1, 0.15) is 32.1 Å². The van der Waals surface area contributed by atoms with Crippen molar-refractivity contribution >= 4 is 0 Å². The first-order valence-electron chi connectivity index (χ1n) is 6.45. The smallest absolute Gasteiger partial charge is 0.0474 e. The van der Waals surface area contributed by atoms with E-state index in [9.17, 15) is 5.11 Å². The second kappa shape index (κ2) is 5.83. The molecule has 15 heavy (non-hydrogen) atoms. The van der Waals surface area contributed by atoms with Gasteiger partial charge in [0.2, 0.25) is 0 Å². The predicted octanol–water partition coefficient (Wildman–Crippen LogP) is 0.737. The Morgan fingerprint density at radius 2 is 1.93 bits per heavy atom. The highest BCUT2D eigenvalue weighted by Crippen LogP contribution is 2.23. The highest BCUT2D eigenvalue weighted by atomic mass is 16.3. The lowest BCUT2D eigenvalue weighted by Gasteiger charge is -2.33. The van der Waals surface area contributed by atoms with Gasteiger partial charge in [-0.15, -0.1) is 0 Å². The molecule has 1 aliphatic heterocycles. The van der Waals surface area contributed by atoms with E-state index in [0.29, 0.717) is 12.5 Å². The van der Waals surface area contributed by atoms with E-state index in [1.54, 1.807) is 0 Å². The van der Waals surface area contributed by atoms with Crippen LogP contribution in [0.4, 0.5) is 0 Å². The molecule has 2 fully saturated rings. The molecule has 0 aromatic carbocycles. The van der Waals surface area contributed by atoms with Crippen molar-refractivity contribution in [3.05, 3.63) is 0 Å². The van der Waals surface area contributed by atoms with Crippen LogP contribution in [0.25, 0.3) is 0 Å². The lowest BCUT2D eigenvalue weighted by Crippen LogP contribution is -2.42. The minimum absolute atomic E-state index is 0.352. The van der Waals surface area contributed by atoms with Crippen molar-refractivity contribution in [1.82, 2.24) is 10.6 Å². The van der Waals surface area contributed by atoms with Crippen LogP contribution in [0.3, 0.4) is 0 Å². The normalized spacial score (nSPS) is 26.2. The molecule has 0 aromatic rings. The van der Waals surface area contributed by atoms with Crippen LogP contribution < -0.4 is 10.6 Å². The summed E-state index contributed by atoms with van der Waals surface area (Å²) in [5, 5.41) is 16.4. The summed E-state index contributed by atoms with van der Waals surface area (Å²) in [5.74, 6) is 1.21. The van der Waals surface area contributed by atoms with E-state index in [4.69, 9.17) is 0 Å². The molecule has 1 aliphatic carbocycles. The summed E-state index contributed by atoms with van der Waals surface area (Å²) in [6.07, 6.45) is 6.53. The molecule has 88 valence electrons. The maximum atomic E-state index is 9.42. The summed E-state index contributed by atoms with van der Waals surface area (Å²) in [4.78, 5) is 0. The standard InChI is InChI=1S/C12H24N2O/c15-9-11(8-14-12-2-1-3-12)10-4-6-13-7-5-10/h10-15H,1-9H2. The van der Waals surface area contributed by atoms with Gasteiger partial charge in [-0.1, -0.05) is 6.42 Å². The Bertz CT molecular complexity index is 176. The number of nitrogens with one attached hydrogen (secondary N) is 2. The van der Waals surface area contributed by atoms with Crippen LogP contribution >= 0.6 is 0 Å². The summed E-state index contributed by atoms with van der Waals surface area (Å²) in [6, 6.07) is 0.751. The maximum Gasteiger partial charge on any atom is 0.0474 e. The average molecular weight is 212 g/mol. The highest BCUT2D eigenvalue weighted by Gasteiger charge is 2.24. The van der Waals surface area contributed by atoms with Crippen LogP contribution in [0.2, 0.25) is 0 Å². The first kappa shape index (κ1) is 11.4. The molecule has 2 aliphatic rings. The molecule has 2 rings (SSSR count). The molecule has 1 atom stereocenters. The maximum absolute atomic E-state index is 9.42. The molecule has 0 aromatic heterocycles. The lowest BCUT2D eigenvalue weighted by atomic mass is 9.84. The Balaban J connectivity index is 1.69. The van der Waals surface area contributed by atoms with E-state index in [1.807, 2.05) is 0 Å². The van der Waals surface area contributed by atoms with E-state index >= 15 is 0 Å². The number of rotatable bonds is 5. The van der Waals surface area contributed by atoms with Crippen molar-refractivity contribution in [3.8, 4) is 0 Å². The first-order valence-corrected chi connectivity index (χ1v) is 6.45. The predicted molar refractivity (Wildman–Crippen MR) is 61.8 cm³/mol. The lowest BCUT2D eigenvalue weighted by molar-refractivity contribution is 0.141. The van der Waals surface area contributed by atoms with E-state index in [0.717, 1.165) is 31.6 Å². The van der Waals surface area contributed by atoms with E-state index in [1.165, 1.54) is 32.1 Å². The fraction of sp³-hybridized carbons (Fsp3) is 1.00. The first-order chi connectivity index (χ1) is 7.40. The molecule has 1 heterocycles. The summed E-state index contributed by atoms with van der Waals surface area (Å²) in [7, 11) is 0. The molecule has 0 bridgehead atoms. The molecule has 3 nitrogen and oxygen atoms in total. The van der Waals surface area contributed by atoms with Gasteiger partial charge < -0.3 is 15.7 Å². The molecule has 0 spiro atoms. The van der Waals surface area contributed by atoms with Crippen molar-refractivity contribution in [2.24, 2.45) is 11.8 Å². The molecule has 0 amide bonds. The van der Waals surface area contributed by atoms with Gasteiger partial charge in [-0.2, -0.15) is 0 Å². The van der Waals surface area contributed by atoms with Gasteiger partial charge in [0.1, 0.15) is 0 Å². The third-order valence-electron chi connectivity index (χ3n) is 4.06. The van der Waals surface area contributed by atoms with Crippen LogP contribution in [-0.2, 0) is 0 Å². The minimum Gasteiger partial charge on any atom is -0.396 e. The Hall–Kier alpha value is -0.120. The quantitative estimate of drug-likeness (QED) is 0.630. The van der Waals surface area contributed by atoms with Gasteiger partial charge in [-0.3, -0.25) is 0 Å². The second-order valence-electron chi connectivity index (χ2n) is 5.07. The summed E-state index contributed by atoms with van der Waals surface area (Å²) < 4.78 is 0. The summed E-state index contributed by atoms with van der Waals surface area (Å²) in [6.45, 7) is 3.63. The molecule has 0 radical (unpaired) electrons. The average Bonchev–Trinajstić information content (AvgIpc) is 2.23. The van der Waals surface area contributed by atoms with Gasteiger partial charge in [0.25, 0.3) is 0 Å². The van der Waals surface area contributed by atoms with Crippen LogP contribution in [0.15, 0.2) is 0 Å². The Kier molecular flexibility index (Phi) is 4.42. The zero-order valence-electron chi connectivity index (χ0n) is 9.54. The molecule has 3 N–H and O–H groups in total.